The molecule has 2 fully saturated rings. The molecule has 0 spiro atoms. The van der Waals surface area contributed by atoms with E-state index in [4.69, 9.17) is 11.6 Å². The maximum Gasteiger partial charge on any atom is 0.197 e. The largest absolute Gasteiger partial charge is 0.494 e. The molecule has 2 aliphatic carbocycles. The van der Waals surface area contributed by atoms with Gasteiger partial charge in [-0.05, 0) is 49.3 Å². The maximum absolute atomic E-state index is 10.7. The van der Waals surface area contributed by atoms with Crippen LogP contribution in [0.5, 0.6) is 11.8 Å². The highest BCUT2D eigenvalue weighted by molar-refractivity contribution is 6.30. The van der Waals surface area contributed by atoms with E-state index in [0.29, 0.717) is 18.4 Å². The molecule has 0 radical (unpaired) electrons. The van der Waals surface area contributed by atoms with Crippen LogP contribution >= 0.6 is 11.6 Å². The molecule has 29 heavy (non-hydrogen) atoms. The molecular formula is C22H28ClN3O3. The number of piperazine rings is 1. The van der Waals surface area contributed by atoms with Crippen molar-refractivity contribution in [3.8, 4) is 11.8 Å². The van der Waals surface area contributed by atoms with Crippen LogP contribution in [0.15, 0.2) is 24.3 Å². The van der Waals surface area contributed by atoms with Gasteiger partial charge in [0.1, 0.15) is 0 Å². The second-order valence-corrected chi connectivity index (χ2v) is 9.15. The van der Waals surface area contributed by atoms with Gasteiger partial charge in [0, 0.05) is 54.6 Å². The number of aliphatic hydroxyl groups is 1. The predicted octanol–water partition coefficient (Wildman–Crippen LogP) is 3.10. The molecule has 1 aliphatic heterocycles. The van der Waals surface area contributed by atoms with Crippen molar-refractivity contribution in [1.82, 2.24) is 9.47 Å². The fourth-order valence-electron chi connectivity index (χ4n) is 5.54. The number of aromatic hydroxyl groups is 2. The third kappa shape index (κ3) is 3.37. The smallest absolute Gasteiger partial charge is 0.197 e. The Morgan fingerprint density at radius 1 is 0.966 bits per heavy atom. The Morgan fingerprint density at radius 2 is 1.62 bits per heavy atom. The molecule has 2 aromatic rings. The molecule has 2 heterocycles. The molecule has 3 N–H and O–H groups in total. The molecule has 0 amide bonds. The van der Waals surface area contributed by atoms with Gasteiger partial charge in [-0.25, -0.2) is 0 Å². The predicted molar refractivity (Wildman–Crippen MR) is 113 cm³/mol. The maximum atomic E-state index is 10.7. The van der Waals surface area contributed by atoms with Gasteiger partial charge in [-0.15, -0.1) is 0 Å². The van der Waals surface area contributed by atoms with Crippen LogP contribution in [-0.4, -0.2) is 63.6 Å². The van der Waals surface area contributed by atoms with E-state index in [1.807, 2.05) is 18.2 Å². The second-order valence-electron chi connectivity index (χ2n) is 8.71. The zero-order valence-corrected chi connectivity index (χ0v) is 17.2. The summed E-state index contributed by atoms with van der Waals surface area (Å²) < 4.78 is 1.52. The number of β-amino-alcohol motifs (C(OH)–C–C–N with tert-alkyl or cyclic N) is 1. The molecule has 3 unspecified atom stereocenters. The van der Waals surface area contributed by atoms with Gasteiger partial charge in [-0.1, -0.05) is 17.7 Å². The zero-order valence-electron chi connectivity index (χ0n) is 16.5. The number of halogens is 1. The van der Waals surface area contributed by atoms with Crippen molar-refractivity contribution in [3.05, 3.63) is 40.4 Å². The molecule has 1 saturated carbocycles. The van der Waals surface area contributed by atoms with Crippen LogP contribution in [0.3, 0.4) is 0 Å². The summed E-state index contributed by atoms with van der Waals surface area (Å²) in [6.07, 6.45) is 2.59. The molecule has 7 heteroatoms. The van der Waals surface area contributed by atoms with E-state index in [1.54, 1.807) is 0 Å². The molecule has 1 aromatic heterocycles. The van der Waals surface area contributed by atoms with Crippen LogP contribution in [0.1, 0.15) is 42.2 Å². The second kappa shape index (κ2) is 7.42. The fourth-order valence-corrected chi connectivity index (χ4v) is 5.73. The lowest BCUT2D eigenvalue weighted by Gasteiger charge is -2.37. The molecular weight excluding hydrogens is 390 g/mol. The average molecular weight is 418 g/mol. The van der Waals surface area contributed by atoms with E-state index in [0.717, 1.165) is 67.3 Å². The van der Waals surface area contributed by atoms with Crippen LogP contribution in [0.2, 0.25) is 5.02 Å². The quantitative estimate of drug-likeness (QED) is 0.697. The Hall–Kier alpha value is -1.89. The van der Waals surface area contributed by atoms with Crippen molar-refractivity contribution >= 4 is 17.3 Å². The summed E-state index contributed by atoms with van der Waals surface area (Å²) in [5, 5.41) is 32.7. The molecule has 156 valence electrons. The normalized spacial score (nSPS) is 24.8. The van der Waals surface area contributed by atoms with Crippen LogP contribution in [0.25, 0.3) is 0 Å². The van der Waals surface area contributed by atoms with Crippen molar-refractivity contribution in [2.45, 2.75) is 43.7 Å². The van der Waals surface area contributed by atoms with Gasteiger partial charge in [-0.3, -0.25) is 9.47 Å². The van der Waals surface area contributed by atoms with Gasteiger partial charge < -0.3 is 20.2 Å². The van der Waals surface area contributed by atoms with E-state index in [1.165, 1.54) is 4.57 Å². The van der Waals surface area contributed by atoms with Gasteiger partial charge in [0.15, 0.2) is 11.8 Å². The Labute approximate surface area is 175 Å². The van der Waals surface area contributed by atoms with E-state index in [-0.39, 0.29) is 18.3 Å². The molecule has 2 bridgehead atoms. The lowest BCUT2D eigenvalue weighted by atomic mass is 9.95. The first-order valence-electron chi connectivity index (χ1n) is 10.6. The molecule has 3 atom stereocenters. The van der Waals surface area contributed by atoms with Crippen LogP contribution < -0.4 is 4.90 Å². The van der Waals surface area contributed by atoms with E-state index < -0.39 is 6.10 Å². The Morgan fingerprint density at radius 3 is 2.24 bits per heavy atom. The molecule has 1 saturated heterocycles. The van der Waals surface area contributed by atoms with Gasteiger partial charge in [-0.2, -0.15) is 0 Å². The summed E-state index contributed by atoms with van der Waals surface area (Å²) in [6, 6.07) is 7.90. The minimum Gasteiger partial charge on any atom is -0.494 e. The van der Waals surface area contributed by atoms with Gasteiger partial charge in [0.2, 0.25) is 0 Å². The number of hydrogen-bond donors (Lipinski definition) is 3. The highest BCUT2D eigenvalue weighted by atomic mass is 35.5. The first-order valence-corrected chi connectivity index (χ1v) is 10.9. The summed E-state index contributed by atoms with van der Waals surface area (Å²) in [5.41, 5.74) is 2.99. The number of fused-ring (bicyclic) bond motifs is 5. The Balaban J connectivity index is 1.19. The first kappa shape index (κ1) is 19.1. The van der Waals surface area contributed by atoms with Gasteiger partial charge >= 0.3 is 0 Å². The van der Waals surface area contributed by atoms with Crippen molar-refractivity contribution in [3.63, 3.8) is 0 Å². The van der Waals surface area contributed by atoms with E-state index in [9.17, 15) is 15.3 Å². The number of aliphatic hydroxyl groups excluding tert-OH is 1. The van der Waals surface area contributed by atoms with Crippen LogP contribution in [-0.2, 0) is 6.54 Å². The van der Waals surface area contributed by atoms with Crippen molar-refractivity contribution in [2.24, 2.45) is 0 Å². The zero-order chi connectivity index (χ0) is 20.1. The van der Waals surface area contributed by atoms with Crippen LogP contribution in [0.4, 0.5) is 5.69 Å². The monoisotopic (exact) mass is 417 g/mol. The average Bonchev–Trinajstić information content (AvgIpc) is 3.39. The Bertz CT molecular complexity index is 873. The Kier molecular flexibility index (Phi) is 4.88. The SMILES string of the molecule is Oc1c2c(c(O)n1CC(O)CN1CCN(c3cccc(Cl)c3)CC1)C1CCC2C1. The standard InChI is InChI=1S/C22H28ClN3O3/c23-16-2-1-3-17(11-16)25-8-6-24(7-9-25)12-18(27)13-26-21(28)19-14-4-5-15(10-14)20(19)22(26)29/h1-3,11,14-15,18,27-29H,4-10,12-13H2. The first-order chi connectivity index (χ1) is 14.0. The number of nitrogens with zero attached hydrogens (tertiary/aromatic N) is 3. The summed E-state index contributed by atoms with van der Waals surface area (Å²) in [6.45, 7) is 4.22. The number of benzene rings is 1. The molecule has 1 aromatic carbocycles. The minimum atomic E-state index is -0.644. The topological polar surface area (TPSA) is 72.1 Å². The number of anilines is 1. The van der Waals surface area contributed by atoms with E-state index >= 15 is 0 Å². The number of hydrogen-bond acceptors (Lipinski definition) is 5. The van der Waals surface area contributed by atoms with Crippen molar-refractivity contribution in [2.75, 3.05) is 37.6 Å². The summed E-state index contributed by atoms with van der Waals surface area (Å²) in [7, 11) is 0. The highest BCUT2D eigenvalue weighted by Crippen LogP contribution is 2.59. The summed E-state index contributed by atoms with van der Waals surface area (Å²) in [4.78, 5) is 4.54. The lowest BCUT2D eigenvalue weighted by molar-refractivity contribution is 0.0907. The molecule has 6 nitrogen and oxygen atoms in total. The summed E-state index contributed by atoms with van der Waals surface area (Å²) >= 11 is 6.10. The van der Waals surface area contributed by atoms with E-state index in [2.05, 4.69) is 15.9 Å². The molecule has 5 rings (SSSR count). The number of rotatable bonds is 5. The number of aromatic nitrogens is 1. The molecule has 3 aliphatic rings. The van der Waals surface area contributed by atoms with Crippen LogP contribution in [0, 0.1) is 0 Å². The fraction of sp³-hybridized carbons (Fsp3) is 0.545. The van der Waals surface area contributed by atoms with Crippen molar-refractivity contribution in [1.29, 1.82) is 0 Å². The van der Waals surface area contributed by atoms with Crippen molar-refractivity contribution < 1.29 is 15.3 Å². The van der Waals surface area contributed by atoms with Gasteiger partial charge in [0.05, 0.1) is 12.6 Å². The summed E-state index contributed by atoms with van der Waals surface area (Å²) in [5.74, 6) is 1.07. The highest BCUT2D eigenvalue weighted by Gasteiger charge is 2.44. The van der Waals surface area contributed by atoms with Gasteiger partial charge in [0.25, 0.3) is 0 Å². The third-order valence-electron chi connectivity index (χ3n) is 6.94. The lowest BCUT2D eigenvalue weighted by Crippen LogP contribution is -2.49. The third-order valence-corrected chi connectivity index (χ3v) is 7.18. The minimum absolute atomic E-state index is 0.162.